The molecule has 1 rings (SSSR count). The Morgan fingerprint density at radius 2 is 1.65 bits per heavy atom. The minimum atomic E-state index is 0.146. The maximum atomic E-state index is 11.8. The van der Waals surface area contributed by atoms with Gasteiger partial charge in [0.1, 0.15) is 0 Å². The summed E-state index contributed by atoms with van der Waals surface area (Å²) >= 11 is 0. The molecule has 0 atom stereocenters. The molecule has 100 valence electrons. The zero-order valence-corrected chi connectivity index (χ0v) is 11.6. The number of hydrogen-bond acceptors (Lipinski definition) is 2. The second-order valence-corrected chi connectivity index (χ2v) is 5.24. The molecule has 3 heteroatoms. The summed E-state index contributed by atoms with van der Waals surface area (Å²) < 4.78 is 0. The van der Waals surface area contributed by atoms with Crippen LogP contribution in [0.2, 0.25) is 0 Å². The lowest BCUT2D eigenvalue weighted by molar-refractivity contribution is -0.121. The lowest BCUT2D eigenvalue weighted by Gasteiger charge is -2.31. The summed E-state index contributed by atoms with van der Waals surface area (Å²) in [6.45, 7) is 7.03. The van der Waals surface area contributed by atoms with Gasteiger partial charge in [0.05, 0.1) is 6.54 Å². The number of nitrogens with one attached hydrogen (secondary N) is 2. The first-order chi connectivity index (χ1) is 8.15. The summed E-state index contributed by atoms with van der Waals surface area (Å²) in [4.78, 5) is 11.8. The predicted octanol–water partition coefficient (Wildman–Crippen LogP) is 2.60. The number of carbonyl (C=O) groups excluding carboxylic acids is 1. The molecule has 0 unspecified atom stereocenters. The van der Waals surface area contributed by atoms with E-state index < -0.39 is 0 Å². The van der Waals surface area contributed by atoms with E-state index in [2.05, 4.69) is 31.4 Å². The summed E-state index contributed by atoms with van der Waals surface area (Å²) in [5, 5.41) is 6.57. The van der Waals surface area contributed by atoms with E-state index in [0.29, 0.717) is 12.6 Å². The van der Waals surface area contributed by atoms with E-state index in [4.69, 9.17) is 0 Å². The predicted molar refractivity (Wildman–Crippen MR) is 72.0 cm³/mol. The first-order valence-electron chi connectivity index (χ1n) is 7.20. The van der Waals surface area contributed by atoms with Gasteiger partial charge in [-0.2, -0.15) is 0 Å². The molecule has 17 heavy (non-hydrogen) atoms. The van der Waals surface area contributed by atoms with Crippen LogP contribution in [0.25, 0.3) is 0 Å². The molecule has 0 aliphatic heterocycles. The molecule has 1 saturated carbocycles. The third-order valence-corrected chi connectivity index (χ3v) is 4.37. The molecule has 1 amide bonds. The molecule has 0 heterocycles. The minimum absolute atomic E-state index is 0.146. The molecule has 3 nitrogen and oxygen atoms in total. The molecule has 1 aliphatic rings. The second-order valence-electron chi connectivity index (χ2n) is 5.24. The fourth-order valence-electron chi connectivity index (χ4n) is 2.74. The van der Waals surface area contributed by atoms with Crippen molar-refractivity contribution in [2.24, 2.45) is 0 Å². The van der Waals surface area contributed by atoms with E-state index >= 15 is 0 Å². The lowest BCUT2D eigenvalue weighted by Crippen LogP contribution is -2.49. The standard InChI is InChI=1S/C14H28N2O/c1-4-14(5-2,6-3)15-11-13(17)16-12-9-7-8-10-12/h12,15H,4-11H2,1-3H3,(H,16,17). The molecular formula is C14H28N2O. The van der Waals surface area contributed by atoms with Crippen LogP contribution in [-0.4, -0.2) is 24.0 Å². The van der Waals surface area contributed by atoms with Crippen molar-refractivity contribution in [2.75, 3.05) is 6.54 Å². The van der Waals surface area contributed by atoms with Crippen LogP contribution in [-0.2, 0) is 4.79 Å². The average molecular weight is 240 g/mol. The van der Waals surface area contributed by atoms with Gasteiger partial charge in [0.25, 0.3) is 0 Å². The van der Waals surface area contributed by atoms with E-state index in [1.54, 1.807) is 0 Å². The number of carbonyl (C=O) groups is 1. The highest BCUT2D eigenvalue weighted by atomic mass is 16.2. The third-order valence-electron chi connectivity index (χ3n) is 4.37. The molecule has 1 fully saturated rings. The Bertz CT molecular complexity index is 222. The minimum Gasteiger partial charge on any atom is -0.352 e. The Morgan fingerprint density at radius 3 is 2.12 bits per heavy atom. The fraction of sp³-hybridized carbons (Fsp3) is 0.929. The van der Waals surface area contributed by atoms with E-state index in [9.17, 15) is 4.79 Å². The Morgan fingerprint density at radius 1 is 1.12 bits per heavy atom. The van der Waals surface area contributed by atoms with Crippen molar-refractivity contribution in [3.8, 4) is 0 Å². The summed E-state index contributed by atoms with van der Waals surface area (Å²) in [6.07, 6.45) is 8.09. The zero-order chi connectivity index (χ0) is 12.7. The van der Waals surface area contributed by atoms with Crippen molar-refractivity contribution < 1.29 is 4.79 Å². The maximum Gasteiger partial charge on any atom is 0.234 e. The molecule has 0 bridgehead atoms. The summed E-state index contributed by atoms with van der Waals surface area (Å²) in [6, 6.07) is 0.434. The van der Waals surface area contributed by atoms with E-state index in [1.165, 1.54) is 12.8 Å². The van der Waals surface area contributed by atoms with Crippen molar-refractivity contribution in [3.05, 3.63) is 0 Å². The third kappa shape index (κ3) is 4.30. The SMILES string of the molecule is CCC(CC)(CC)NCC(=O)NC1CCCC1. The molecule has 0 spiro atoms. The van der Waals surface area contributed by atoms with E-state index in [0.717, 1.165) is 32.1 Å². The van der Waals surface area contributed by atoms with Crippen LogP contribution in [0.3, 0.4) is 0 Å². The van der Waals surface area contributed by atoms with Crippen LogP contribution >= 0.6 is 0 Å². The van der Waals surface area contributed by atoms with Crippen molar-refractivity contribution in [3.63, 3.8) is 0 Å². The van der Waals surface area contributed by atoms with Gasteiger partial charge in [-0.3, -0.25) is 4.79 Å². The van der Waals surface area contributed by atoms with E-state index in [1.807, 2.05) is 0 Å². The van der Waals surface area contributed by atoms with Crippen LogP contribution in [0.15, 0.2) is 0 Å². The van der Waals surface area contributed by atoms with Crippen LogP contribution < -0.4 is 10.6 Å². The monoisotopic (exact) mass is 240 g/mol. The Balaban J connectivity index is 2.30. The number of amides is 1. The van der Waals surface area contributed by atoms with Crippen LogP contribution in [0.5, 0.6) is 0 Å². The van der Waals surface area contributed by atoms with Gasteiger partial charge in [0, 0.05) is 11.6 Å². The summed E-state index contributed by atoms with van der Waals surface area (Å²) in [5.74, 6) is 0.164. The lowest BCUT2D eigenvalue weighted by atomic mass is 9.90. The first kappa shape index (κ1) is 14.5. The van der Waals surface area contributed by atoms with Gasteiger partial charge in [-0.15, -0.1) is 0 Å². The van der Waals surface area contributed by atoms with Gasteiger partial charge in [0.2, 0.25) is 5.91 Å². The maximum absolute atomic E-state index is 11.8. The van der Waals surface area contributed by atoms with Gasteiger partial charge >= 0.3 is 0 Å². The van der Waals surface area contributed by atoms with Gasteiger partial charge < -0.3 is 10.6 Å². The van der Waals surface area contributed by atoms with Crippen molar-refractivity contribution in [1.29, 1.82) is 0 Å². The highest BCUT2D eigenvalue weighted by Gasteiger charge is 2.24. The van der Waals surface area contributed by atoms with E-state index in [-0.39, 0.29) is 11.4 Å². The highest BCUT2D eigenvalue weighted by molar-refractivity contribution is 5.78. The zero-order valence-electron chi connectivity index (χ0n) is 11.6. The molecular weight excluding hydrogens is 212 g/mol. The second kappa shape index (κ2) is 7.00. The highest BCUT2D eigenvalue weighted by Crippen LogP contribution is 2.19. The molecule has 2 N–H and O–H groups in total. The average Bonchev–Trinajstić information content (AvgIpc) is 2.84. The topological polar surface area (TPSA) is 41.1 Å². The molecule has 1 aliphatic carbocycles. The van der Waals surface area contributed by atoms with Crippen LogP contribution in [0.4, 0.5) is 0 Å². The normalized spacial score (nSPS) is 17.4. The van der Waals surface area contributed by atoms with Crippen molar-refractivity contribution in [1.82, 2.24) is 10.6 Å². The van der Waals surface area contributed by atoms with Crippen molar-refractivity contribution in [2.45, 2.75) is 77.3 Å². The smallest absolute Gasteiger partial charge is 0.234 e. The molecule has 0 aromatic rings. The largest absolute Gasteiger partial charge is 0.352 e. The molecule has 0 aromatic heterocycles. The Kier molecular flexibility index (Phi) is 5.96. The summed E-state index contributed by atoms with van der Waals surface area (Å²) in [5.41, 5.74) is 0.146. The Hall–Kier alpha value is -0.570. The number of hydrogen-bond donors (Lipinski definition) is 2. The van der Waals surface area contributed by atoms with Crippen LogP contribution in [0.1, 0.15) is 65.7 Å². The van der Waals surface area contributed by atoms with Gasteiger partial charge in [-0.05, 0) is 32.1 Å². The van der Waals surface area contributed by atoms with Gasteiger partial charge in [-0.1, -0.05) is 33.6 Å². The molecule has 0 radical (unpaired) electrons. The molecule has 0 aromatic carbocycles. The quantitative estimate of drug-likeness (QED) is 0.718. The fourth-order valence-corrected chi connectivity index (χ4v) is 2.74. The van der Waals surface area contributed by atoms with Crippen molar-refractivity contribution >= 4 is 5.91 Å². The molecule has 0 saturated heterocycles. The van der Waals surface area contributed by atoms with Gasteiger partial charge in [-0.25, -0.2) is 0 Å². The van der Waals surface area contributed by atoms with Gasteiger partial charge in [0.15, 0.2) is 0 Å². The first-order valence-corrected chi connectivity index (χ1v) is 7.20. The number of rotatable bonds is 7. The Labute approximate surface area is 106 Å². The summed E-state index contributed by atoms with van der Waals surface area (Å²) in [7, 11) is 0. The van der Waals surface area contributed by atoms with Crippen LogP contribution in [0, 0.1) is 0 Å².